The fourth-order valence-electron chi connectivity index (χ4n) is 1.71. The Bertz CT molecular complexity index is 397. The molecule has 0 aromatic carbocycles. The first kappa shape index (κ1) is 15.3. The minimum Gasteiger partial charge on any atom is -0.353 e. The monoisotopic (exact) mass is 263 g/mol. The molecule has 0 bridgehead atoms. The molecule has 0 aliphatic carbocycles. The second-order valence-corrected chi connectivity index (χ2v) is 4.46. The van der Waals surface area contributed by atoms with Crippen molar-refractivity contribution in [3.63, 3.8) is 0 Å². The Morgan fingerprint density at radius 3 is 2.68 bits per heavy atom. The largest absolute Gasteiger partial charge is 0.353 e. The van der Waals surface area contributed by atoms with E-state index in [0.29, 0.717) is 6.54 Å². The molecule has 1 heterocycles. The number of carbonyl (C=O) groups excluding carboxylic acids is 2. The molecule has 104 valence electrons. The lowest BCUT2D eigenvalue weighted by atomic mass is 10.1. The van der Waals surface area contributed by atoms with E-state index in [4.69, 9.17) is 0 Å². The zero-order valence-electron chi connectivity index (χ0n) is 11.4. The summed E-state index contributed by atoms with van der Waals surface area (Å²) in [6.07, 6.45) is 11.1. The highest BCUT2D eigenvalue weighted by Crippen LogP contribution is 2.04. The lowest BCUT2D eigenvalue weighted by Gasteiger charge is -2.02. The molecule has 0 atom stereocenters. The van der Waals surface area contributed by atoms with E-state index in [1.54, 1.807) is 0 Å². The molecule has 5 heteroatoms. The number of carbonyl (C=O) groups is 2. The van der Waals surface area contributed by atoms with Crippen molar-refractivity contribution in [2.75, 3.05) is 6.54 Å². The first-order chi connectivity index (χ1) is 9.24. The molecule has 2 amide bonds. The standard InChI is InChI=1S/C14H21N3O2/c1-2-3-4-5-6-7-10-15-13(18)9-8-12-14(19)17-11-16-12/h8-9,11H,2-7,10H2,1H3,(H,15,18). The quantitative estimate of drug-likeness (QED) is 0.510. The van der Waals surface area contributed by atoms with Crippen molar-refractivity contribution in [2.45, 2.75) is 45.4 Å². The number of hydrogen-bond acceptors (Lipinski definition) is 3. The van der Waals surface area contributed by atoms with Crippen LogP contribution in [0.3, 0.4) is 0 Å². The van der Waals surface area contributed by atoms with Crippen molar-refractivity contribution in [3.8, 4) is 0 Å². The molecular formula is C14H21N3O2. The predicted molar refractivity (Wildman–Crippen MR) is 76.5 cm³/mol. The Hall–Kier alpha value is -1.78. The van der Waals surface area contributed by atoms with Crippen molar-refractivity contribution in [3.05, 3.63) is 12.2 Å². The molecule has 1 aliphatic rings. The van der Waals surface area contributed by atoms with Gasteiger partial charge >= 0.3 is 0 Å². The van der Waals surface area contributed by atoms with Gasteiger partial charge in [0.2, 0.25) is 5.91 Å². The maximum absolute atomic E-state index is 11.4. The first-order valence-electron chi connectivity index (χ1n) is 6.84. The van der Waals surface area contributed by atoms with Gasteiger partial charge in [0.15, 0.2) is 0 Å². The highest BCUT2D eigenvalue weighted by atomic mass is 16.2. The first-order valence-corrected chi connectivity index (χ1v) is 6.84. The molecule has 0 spiro atoms. The van der Waals surface area contributed by atoms with E-state index in [2.05, 4.69) is 22.2 Å². The Labute approximate surface area is 113 Å². The molecule has 1 N–H and O–H groups in total. The molecule has 0 aromatic rings. The number of amides is 2. The zero-order chi connectivity index (χ0) is 13.9. The fraction of sp³-hybridized carbons (Fsp3) is 0.571. The van der Waals surface area contributed by atoms with Crippen molar-refractivity contribution in [1.29, 1.82) is 0 Å². The van der Waals surface area contributed by atoms with Crippen LogP contribution in [0.25, 0.3) is 0 Å². The molecule has 0 aromatic heterocycles. The molecule has 1 rings (SSSR count). The van der Waals surface area contributed by atoms with Crippen LogP contribution in [0.5, 0.6) is 0 Å². The molecular weight excluding hydrogens is 242 g/mol. The molecule has 0 saturated heterocycles. The molecule has 5 nitrogen and oxygen atoms in total. The average Bonchev–Trinajstić information content (AvgIpc) is 2.81. The number of hydrogen-bond donors (Lipinski definition) is 1. The maximum atomic E-state index is 11.4. The fourth-order valence-corrected chi connectivity index (χ4v) is 1.71. The summed E-state index contributed by atoms with van der Waals surface area (Å²) in [5.74, 6) is -0.601. The summed E-state index contributed by atoms with van der Waals surface area (Å²) in [5, 5.41) is 2.78. The van der Waals surface area contributed by atoms with E-state index in [1.165, 1.54) is 44.2 Å². The van der Waals surface area contributed by atoms with Crippen molar-refractivity contribution in [1.82, 2.24) is 5.32 Å². The van der Waals surface area contributed by atoms with Gasteiger partial charge in [-0.2, -0.15) is 4.99 Å². The third-order valence-electron chi connectivity index (χ3n) is 2.81. The number of rotatable bonds is 9. The highest BCUT2D eigenvalue weighted by molar-refractivity contribution is 6.48. The molecule has 0 radical (unpaired) electrons. The maximum Gasteiger partial charge on any atom is 0.297 e. The lowest BCUT2D eigenvalue weighted by molar-refractivity contribution is -0.116. The molecule has 0 unspecified atom stereocenters. The third kappa shape index (κ3) is 6.64. The minimum absolute atomic E-state index is 0.198. The van der Waals surface area contributed by atoms with Crippen LogP contribution in [0.1, 0.15) is 45.4 Å². The number of unbranched alkanes of at least 4 members (excludes halogenated alkanes) is 5. The normalized spacial score (nSPS) is 14.2. The summed E-state index contributed by atoms with van der Waals surface area (Å²) in [7, 11) is 0. The van der Waals surface area contributed by atoms with Gasteiger partial charge in [-0.3, -0.25) is 9.59 Å². The van der Waals surface area contributed by atoms with E-state index in [0.717, 1.165) is 12.8 Å². The highest BCUT2D eigenvalue weighted by Gasteiger charge is 2.10. The van der Waals surface area contributed by atoms with Crippen molar-refractivity contribution in [2.24, 2.45) is 9.98 Å². The van der Waals surface area contributed by atoms with E-state index < -0.39 is 5.91 Å². The molecule has 1 aliphatic heterocycles. The van der Waals surface area contributed by atoms with Gasteiger partial charge in [0.25, 0.3) is 5.91 Å². The van der Waals surface area contributed by atoms with Crippen molar-refractivity contribution < 1.29 is 9.59 Å². The Balaban J connectivity index is 2.05. The SMILES string of the molecule is CCCCCCCCNC(=O)C=CC1=NC=NC1=O. The van der Waals surface area contributed by atoms with Crippen LogP contribution in [-0.4, -0.2) is 30.4 Å². The minimum atomic E-state index is -0.403. The second-order valence-electron chi connectivity index (χ2n) is 4.46. The van der Waals surface area contributed by atoms with Crippen LogP contribution >= 0.6 is 0 Å². The Kier molecular flexibility index (Phi) is 7.39. The van der Waals surface area contributed by atoms with Crippen molar-refractivity contribution >= 4 is 23.9 Å². The van der Waals surface area contributed by atoms with Gasteiger partial charge < -0.3 is 5.32 Å². The summed E-state index contributed by atoms with van der Waals surface area (Å²) in [6.45, 7) is 2.86. The van der Waals surface area contributed by atoms with Crippen LogP contribution in [0.2, 0.25) is 0 Å². The lowest BCUT2D eigenvalue weighted by Crippen LogP contribution is -2.22. The summed E-state index contributed by atoms with van der Waals surface area (Å²) in [5.41, 5.74) is 0.203. The average molecular weight is 263 g/mol. The van der Waals surface area contributed by atoms with Gasteiger partial charge in [-0.05, 0) is 12.5 Å². The van der Waals surface area contributed by atoms with Gasteiger partial charge in [-0.1, -0.05) is 39.0 Å². The Morgan fingerprint density at radius 2 is 2.00 bits per heavy atom. The van der Waals surface area contributed by atoms with Gasteiger partial charge in [0.05, 0.1) is 0 Å². The van der Waals surface area contributed by atoms with Crippen LogP contribution in [0.4, 0.5) is 0 Å². The summed E-state index contributed by atoms with van der Waals surface area (Å²) < 4.78 is 0. The van der Waals surface area contributed by atoms with Crippen LogP contribution in [0, 0.1) is 0 Å². The second kappa shape index (κ2) is 9.19. The van der Waals surface area contributed by atoms with Gasteiger partial charge in [0.1, 0.15) is 12.1 Å². The molecule has 0 fully saturated rings. The molecule has 0 saturated carbocycles. The van der Waals surface area contributed by atoms with E-state index >= 15 is 0 Å². The molecule has 19 heavy (non-hydrogen) atoms. The van der Waals surface area contributed by atoms with E-state index in [-0.39, 0.29) is 11.6 Å². The van der Waals surface area contributed by atoms with Crippen LogP contribution in [0.15, 0.2) is 22.1 Å². The topological polar surface area (TPSA) is 70.9 Å². The van der Waals surface area contributed by atoms with E-state index in [1.807, 2.05) is 0 Å². The van der Waals surface area contributed by atoms with Crippen LogP contribution < -0.4 is 5.32 Å². The summed E-state index contributed by atoms with van der Waals surface area (Å²) >= 11 is 0. The van der Waals surface area contributed by atoms with Gasteiger partial charge in [-0.25, -0.2) is 4.99 Å². The Morgan fingerprint density at radius 1 is 1.26 bits per heavy atom. The summed E-state index contributed by atoms with van der Waals surface area (Å²) in [6, 6.07) is 0. The number of aliphatic imine (C=N–C) groups is 2. The van der Waals surface area contributed by atoms with E-state index in [9.17, 15) is 9.59 Å². The predicted octanol–water partition coefficient (Wildman–Crippen LogP) is 2.03. The number of nitrogens with zero attached hydrogens (tertiary/aromatic N) is 2. The van der Waals surface area contributed by atoms with Crippen LogP contribution in [-0.2, 0) is 9.59 Å². The van der Waals surface area contributed by atoms with Gasteiger partial charge in [-0.15, -0.1) is 0 Å². The zero-order valence-corrected chi connectivity index (χ0v) is 11.4. The number of nitrogens with one attached hydrogen (secondary N) is 1. The smallest absolute Gasteiger partial charge is 0.297 e. The van der Waals surface area contributed by atoms with Gasteiger partial charge in [0, 0.05) is 12.6 Å². The summed E-state index contributed by atoms with van der Waals surface area (Å²) in [4.78, 5) is 29.7. The third-order valence-corrected chi connectivity index (χ3v) is 2.81.